The molecule has 1 heterocycles. The molecule has 0 spiro atoms. The minimum atomic E-state index is -0.588. The highest BCUT2D eigenvalue weighted by atomic mass is 32.1. The summed E-state index contributed by atoms with van der Waals surface area (Å²) in [6.07, 6.45) is 0. The van der Waals surface area contributed by atoms with Crippen LogP contribution in [0.2, 0.25) is 0 Å². The molecule has 0 aliphatic rings. The van der Waals surface area contributed by atoms with Gasteiger partial charge in [0.1, 0.15) is 16.3 Å². The van der Waals surface area contributed by atoms with Gasteiger partial charge in [0.2, 0.25) is 0 Å². The average molecular weight is 447 g/mol. The van der Waals surface area contributed by atoms with Crippen LogP contribution in [-0.4, -0.2) is 25.7 Å². The molecule has 0 bridgehead atoms. The normalized spacial score (nSPS) is 11.8. The summed E-state index contributed by atoms with van der Waals surface area (Å²) in [5.74, 6) is -0.989. The number of ketones is 1. The summed E-state index contributed by atoms with van der Waals surface area (Å²) < 4.78 is 0.799. The van der Waals surface area contributed by atoms with Crippen LogP contribution >= 0.6 is 11.3 Å². The minimum absolute atomic E-state index is 0.103. The molecule has 9 nitrogen and oxygen atoms in total. The van der Waals surface area contributed by atoms with Crippen molar-refractivity contribution in [2.24, 2.45) is 0 Å². The first-order valence-electron chi connectivity index (χ1n) is 9.18. The van der Waals surface area contributed by atoms with E-state index in [0.717, 1.165) is 4.70 Å². The van der Waals surface area contributed by atoms with Gasteiger partial charge in [-0.15, -0.1) is 11.3 Å². The molecule has 1 N–H and O–H groups in total. The lowest BCUT2D eigenvalue weighted by molar-refractivity contribution is -0.385. The smallest absolute Gasteiger partial charge is 0.269 e. The fourth-order valence-electron chi connectivity index (χ4n) is 3.05. The summed E-state index contributed by atoms with van der Waals surface area (Å²) in [7, 11) is 0. The topological polar surface area (TPSA) is 136 Å². The number of non-ortho nitro benzene ring substituents is 2. The number of aliphatic hydroxyl groups is 1. The lowest BCUT2D eigenvalue weighted by Crippen LogP contribution is -2.06. The Morgan fingerprint density at radius 1 is 0.812 bits per heavy atom. The largest absolute Gasteiger partial charge is 0.506 e. The summed E-state index contributed by atoms with van der Waals surface area (Å²) in [6, 6.07) is 17.3. The van der Waals surface area contributed by atoms with Crippen LogP contribution < -0.4 is 0 Å². The number of Topliss-reactive ketones (excluding diaryl/α,β-unsaturated/α-hetero) is 1. The summed E-state index contributed by atoms with van der Waals surface area (Å²) in [4.78, 5) is 38.5. The maximum atomic E-state index is 13.4. The fourth-order valence-corrected chi connectivity index (χ4v) is 4.06. The average Bonchev–Trinajstić information content (AvgIpc) is 3.22. The SMILES string of the molecule is O=C(/C(=C(/O)c1ccc([N+](=O)[O-])cc1)c1nc2ccccc2s1)c1ccc([N+](=O)[O-])cc1. The molecule has 0 saturated carbocycles. The molecule has 0 radical (unpaired) electrons. The van der Waals surface area contributed by atoms with Gasteiger partial charge in [-0.2, -0.15) is 0 Å². The van der Waals surface area contributed by atoms with Crippen LogP contribution in [0.5, 0.6) is 0 Å². The van der Waals surface area contributed by atoms with E-state index in [1.807, 2.05) is 12.1 Å². The second-order valence-electron chi connectivity index (χ2n) is 6.65. The third-order valence-electron chi connectivity index (χ3n) is 4.66. The number of carbonyl (C=O) groups is 1. The highest BCUT2D eigenvalue weighted by molar-refractivity contribution is 7.20. The van der Waals surface area contributed by atoms with Crippen LogP contribution in [0.3, 0.4) is 0 Å². The van der Waals surface area contributed by atoms with E-state index in [2.05, 4.69) is 4.98 Å². The number of hydrogen-bond donors (Lipinski definition) is 1. The Kier molecular flexibility index (Phi) is 5.44. The van der Waals surface area contributed by atoms with Gasteiger partial charge in [-0.3, -0.25) is 25.0 Å². The molecular formula is C22H13N3O6S. The third kappa shape index (κ3) is 3.94. The molecule has 1 aromatic heterocycles. The Balaban J connectivity index is 1.87. The number of hydrogen-bond acceptors (Lipinski definition) is 8. The van der Waals surface area contributed by atoms with Gasteiger partial charge in [0.05, 0.1) is 20.1 Å². The number of carbonyl (C=O) groups excluding carboxylic acids is 1. The number of benzene rings is 3. The van der Waals surface area contributed by atoms with Crippen molar-refractivity contribution < 1.29 is 19.7 Å². The number of nitrogens with zero attached hydrogens (tertiary/aromatic N) is 3. The first kappa shape index (κ1) is 20.8. The molecule has 0 amide bonds. The number of nitro benzene ring substituents is 2. The lowest BCUT2D eigenvalue weighted by atomic mass is 9.99. The second-order valence-corrected chi connectivity index (χ2v) is 7.68. The van der Waals surface area contributed by atoms with Crippen molar-refractivity contribution in [2.75, 3.05) is 0 Å². The summed E-state index contributed by atoms with van der Waals surface area (Å²) in [5, 5.41) is 33.1. The van der Waals surface area contributed by atoms with Crippen molar-refractivity contribution in [1.29, 1.82) is 0 Å². The molecular weight excluding hydrogens is 434 g/mol. The Labute approximate surface area is 184 Å². The van der Waals surface area contributed by atoms with Crippen molar-refractivity contribution >= 4 is 50.0 Å². The number of thiazole rings is 1. The number of fused-ring (bicyclic) bond motifs is 1. The van der Waals surface area contributed by atoms with E-state index in [-0.39, 0.29) is 33.1 Å². The molecule has 0 fully saturated rings. The van der Waals surface area contributed by atoms with Gasteiger partial charge in [-0.05, 0) is 36.4 Å². The standard InChI is InChI=1S/C22H13N3O6S/c26-20(13-5-9-15(10-6-13)24(28)29)19(22-23-17-3-1-2-4-18(17)32-22)21(27)14-7-11-16(12-8-14)25(30)31/h1-12,26H/b20-19-. The van der Waals surface area contributed by atoms with Crippen molar-refractivity contribution in [3.63, 3.8) is 0 Å². The van der Waals surface area contributed by atoms with E-state index in [9.17, 15) is 30.1 Å². The van der Waals surface area contributed by atoms with Crippen molar-refractivity contribution in [3.8, 4) is 0 Å². The molecule has 4 rings (SSSR count). The first-order valence-corrected chi connectivity index (χ1v) is 10.00. The van der Waals surface area contributed by atoms with Gasteiger partial charge < -0.3 is 5.11 Å². The number of rotatable bonds is 6. The highest BCUT2D eigenvalue weighted by Gasteiger charge is 2.24. The van der Waals surface area contributed by atoms with Gasteiger partial charge >= 0.3 is 0 Å². The van der Waals surface area contributed by atoms with Gasteiger partial charge in [0.15, 0.2) is 5.78 Å². The molecule has 0 aliphatic carbocycles. The molecule has 0 unspecified atom stereocenters. The van der Waals surface area contributed by atoms with E-state index >= 15 is 0 Å². The Bertz CT molecular complexity index is 1360. The summed E-state index contributed by atoms with van der Waals surface area (Å²) >= 11 is 1.20. The Hall–Kier alpha value is -4.44. The van der Waals surface area contributed by atoms with Gasteiger partial charge in [0, 0.05) is 35.4 Å². The number of nitro groups is 2. The zero-order valence-electron chi connectivity index (χ0n) is 16.2. The van der Waals surface area contributed by atoms with E-state index in [4.69, 9.17) is 0 Å². The molecule has 4 aromatic rings. The van der Waals surface area contributed by atoms with Gasteiger partial charge in [-0.1, -0.05) is 12.1 Å². The molecule has 0 saturated heterocycles. The molecule has 10 heteroatoms. The summed E-state index contributed by atoms with van der Waals surface area (Å²) in [6.45, 7) is 0. The number of allylic oxidation sites excluding steroid dienone is 1. The van der Waals surface area contributed by atoms with E-state index in [0.29, 0.717) is 5.52 Å². The van der Waals surface area contributed by atoms with E-state index in [1.54, 1.807) is 12.1 Å². The predicted molar refractivity (Wildman–Crippen MR) is 120 cm³/mol. The zero-order chi connectivity index (χ0) is 22.8. The van der Waals surface area contributed by atoms with Crippen molar-refractivity contribution in [2.45, 2.75) is 0 Å². The van der Waals surface area contributed by atoms with Gasteiger partial charge in [-0.25, -0.2) is 4.98 Å². The molecule has 158 valence electrons. The van der Waals surface area contributed by atoms with Crippen LogP contribution in [0.1, 0.15) is 20.9 Å². The molecule has 32 heavy (non-hydrogen) atoms. The lowest BCUT2D eigenvalue weighted by Gasteiger charge is -2.09. The highest BCUT2D eigenvalue weighted by Crippen LogP contribution is 2.34. The van der Waals surface area contributed by atoms with Crippen LogP contribution in [0.4, 0.5) is 11.4 Å². The van der Waals surface area contributed by atoms with Crippen molar-refractivity contribution in [3.05, 3.63) is 109 Å². The third-order valence-corrected chi connectivity index (χ3v) is 5.72. The van der Waals surface area contributed by atoms with Crippen LogP contribution in [0, 0.1) is 20.2 Å². The molecule has 3 aromatic carbocycles. The van der Waals surface area contributed by atoms with E-state index < -0.39 is 21.4 Å². The molecule has 0 atom stereocenters. The van der Waals surface area contributed by atoms with E-state index in [1.165, 1.54) is 59.9 Å². The quantitative estimate of drug-likeness (QED) is 0.137. The Morgan fingerprint density at radius 2 is 1.34 bits per heavy atom. The Morgan fingerprint density at radius 3 is 1.88 bits per heavy atom. The van der Waals surface area contributed by atoms with Crippen LogP contribution in [0.15, 0.2) is 72.8 Å². The maximum absolute atomic E-state index is 13.4. The van der Waals surface area contributed by atoms with Crippen molar-refractivity contribution in [1.82, 2.24) is 4.98 Å². The van der Waals surface area contributed by atoms with Crippen LogP contribution in [0.25, 0.3) is 21.5 Å². The number of para-hydroxylation sites is 1. The predicted octanol–water partition coefficient (Wildman–Crippen LogP) is 5.42. The number of aliphatic hydroxyl groups excluding tert-OH is 1. The number of aromatic nitrogens is 1. The fraction of sp³-hybridized carbons (Fsp3) is 0. The second kappa shape index (κ2) is 8.36. The maximum Gasteiger partial charge on any atom is 0.269 e. The first-order chi connectivity index (χ1) is 15.3. The minimum Gasteiger partial charge on any atom is -0.506 e. The van der Waals surface area contributed by atoms with Gasteiger partial charge in [0.25, 0.3) is 11.4 Å². The zero-order valence-corrected chi connectivity index (χ0v) is 17.0. The monoisotopic (exact) mass is 447 g/mol. The summed E-state index contributed by atoms with van der Waals surface area (Å²) in [5.41, 5.74) is 0.516. The molecule has 0 aliphatic heterocycles. The van der Waals surface area contributed by atoms with Crippen LogP contribution in [-0.2, 0) is 0 Å².